The largest absolute Gasteiger partial charge is 0.497 e. The van der Waals surface area contributed by atoms with Crippen molar-refractivity contribution >= 4 is 16.8 Å². The van der Waals surface area contributed by atoms with E-state index in [1.54, 1.807) is 14.2 Å². The summed E-state index contributed by atoms with van der Waals surface area (Å²) in [6, 6.07) is 14.2. The van der Waals surface area contributed by atoms with Gasteiger partial charge in [-0.1, -0.05) is 31.2 Å². The molecule has 36 heavy (non-hydrogen) atoms. The quantitative estimate of drug-likeness (QED) is 0.292. The van der Waals surface area contributed by atoms with Crippen molar-refractivity contribution in [1.82, 2.24) is 20.2 Å². The molecular formula is C28H34N4O4. The van der Waals surface area contributed by atoms with Gasteiger partial charge in [-0.25, -0.2) is 4.98 Å². The van der Waals surface area contributed by atoms with Crippen LogP contribution < -0.4 is 14.8 Å². The highest BCUT2D eigenvalue weighted by molar-refractivity contribution is 5.92. The number of rotatable bonds is 12. The molecule has 0 bridgehead atoms. The number of nitrogens with one attached hydrogen (secondary N) is 2. The van der Waals surface area contributed by atoms with E-state index in [1.165, 1.54) is 17.2 Å². The molecule has 1 unspecified atom stereocenters. The Morgan fingerprint density at radius 2 is 1.97 bits per heavy atom. The smallest absolute Gasteiger partial charge is 0.273 e. The average Bonchev–Trinajstić information content (AvgIpc) is 3.54. The summed E-state index contributed by atoms with van der Waals surface area (Å²) >= 11 is 0. The number of benzene rings is 2. The predicted molar refractivity (Wildman–Crippen MR) is 139 cm³/mol. The molecule has 0 spiro atoms. The van der Waals surface area contributed by atoms with Crippen LogP contribution >= 0.6 is 0 Å². The highest BCUT2D eigenvalue weighted by atomic mass is 16.5. The number of oxazole rings is 1. The summed E-state index contributed by atoms with van der Waals surface area (Å²) in [7, 11) is 3.30. The number of aromatic amines is 1. The molecule has 190 valence electrons. The molecule has 2 heterocycles. The third-order valence-electron chi connectivity index (χ3n) is 6.39. The van der Waals surface area contributed by atoms with Crippen LogP contribution in [0.3, 0.4) is 0 Å². The van der Waals surface area contributed by atoms with Crippen molar-refractivity contribution in [1.29, 1.82) is 0 Å². The SMILES string of the molecule is CCC(C)NC(=O)c1coc(CN(CCc2c[nH]c3ccccc23)Cc2ccc(OC)cc2OC)n1. The first-order valence-corrected chi connectivity index (χ1v) is 12.2. The second-order valence-corrected chi connectivity index (χ2v) is 8.91. The van der Waals surface area contributed by atoms with Gasteiger partial charge >= 0.3 is 0 Å². The number of hydrogen-bond donors (Lipinski definition) is 2. The minimum atomic E-state index is -0.221. The van der Waals surface area contributed by atoms with Gasteiger partial charge in [0.1, 0.15) is 17.8 Å². The van der Waals surface area contributed by atoms with Gasteiger partial charge in [0.05, 0.1) is 20.8 Å². The van der Waals surface area contributed by atoms with Crippen molar-refractivity contribution in [2.45, 2.75) is 45.8 Å². The second kappa shape index (κ2) is 11.8. The van der Waals surface area contributed by atoms with Gasteiger partial charge in [0.15, 0.2) is 5.69 Å². The maximum absolute atomic E-state index is 12.5. The Morgan fingerprint density at radius 3 is 2.75 bits per heavy atom. The van der Waals surface area contributed by atoms with Crippen LogP contribution in [-0.4, -0.2) is 47.6 Å². The number of carbonyl (C=O) groups is 1. The Kier molecular flexibility index (Phi) is 8.28. The summed E-state index contributed by atoms with van der Waals surface area (Å²) in [6.45, 7) is 5.82. The summed E-state index contributed by atoms with van der Waals surface area (Å²) in [5.41, 5.74) is 3.70. The summed E-state index contributed by atoms with van der Waals surface area (Å²) in [5.74, 6) is 1.77. The first-order valence-electron chi connectivity index (χ1n) is 12.2. The van der Waals surface area contributed by atoms with Crippen LogP contribution in [0.5, 0.6) is 11.5 Å². The summed E-state index contributed by atoms with van der Waals surface area (Å²) in [4.78, 5) is 22.5. The van der Waals surface area contributed by atoms with Crippen molar-refractivity contribution in [3.63, 3.8) is 0 Å². The van der Waals surface area contributed by atoms with Crippen molar-refractivity contribution < 1.29 is 18.7 Å². The van der Waals surface area contributed by atoms with Gasteiger partial charge in [0.25, 0.3) is 5.91 Å². The highest BCUT2D eigenvalue weighted by Gasteiger charge is 2.18. The van der Waals surface area contributed by atoms with Crippen LogP contribution in [0, 0.1) is 0 Å². The minimum Gasteiger partial charge on any atom is -0.497 e. The Hall–Kier alpha value is -3.78. The minimum absolute atomic E-state index is 0.0767. The molecule has 0 aliphatic rings. The number of aromatic nitrogens is 2. The van der Waals surface area contributed by atoms with E-state index >= 15 is 0 Å². The van der Waals surface area contributed by atoms with E-state index in [2.05, 4.69) is 44.6 Å². The van der Waals surface area contributed by atoms with Gasteiger partial charge in [-0.05, 0) is 37.5 Å². The molecule has 2 N–H and O–H groups in total. The molecule has 2 aromatic heterocycles. The normalized spacial score (nSPS) is 12.1. The molecule has 0 aliphatic carbocycles. The van der Waals surface area contributed by atoms with Crippen LogP contribution in [-0.2, 0) is 19.5 Å². The predicted octanol–water partition coefficient (Wildman–Crippen LogP) is 4.95. The fourth-order valence-corrected chi connectivity index (χ4v) is 4.13. The number of amides is 1. The number of para-hydroxylation sites is 1. The lowest BCUT2D eigenvalue weighted by atomic mass is 10.1. The van der Waals surface area contributed by atoms with E-state index in [9.17, 15) is 4.79 Å². The molecule has 0 radical (unpaired) electrons. The zero-order chi connectivity index (χ0) is 25.5. The topological polar surface area (TPSA) is 92.6 Å². The zero-order valence-electron chi connectivity index (χ0n) is 21.3. The molecule has 8 heteroatoms. The van der Waals surface area contributed by atoms with Crippen LogP contribution in [0.2, 0.25) is 0 Å². The molecule has 4 rings (SSSR count). The fourth-order valence-electron chi connectivity index (χ4n) is 4.13. The molecule has 0 fully saturated rings. The number of H-pyrrole nitrogens is 1. The van der Waals surface area contributed by atoms with Crippen LogP contribution in [0.4, 0.5) is 0 Å². The zero-order valence-corrected chi connectivity index (χ0v) is 21.3. The number of fused-ring (bicyclic) bond motifs is 1. The Labute approximate surface area is 211 Å². The fraction of sp³-hybridized carbons (Fsp3) is 0.357. The average molecular weight is 491 g/mol. The monoisotopic (exact) mass is 490 g/mol. The van der Waals surface area contributed by atoms with E-state index in [0.717, 1.165) is 42.0 Å². The molecule has 0 saturated carbocycles. The Balaban J connectivity index is 1.53. The van der Waals surface area contributed by atoms with Crippen molar-refractivity contribution in [3.05, 3.63) is 77.6 Å². The van der Waals surface area contributed by atoms with Gasteiger partial charge in [-0.2, -0.15) is 0 Å². The lowest BCUT2D eigenvalue weighted by Crippen LogP contribution is -2.32. The number of ether oxygens (including phenoxy) is 2. The molecule has 4 aromatic rings. The lowest BCUT2D eigenvalue weighted by molar-refractivity contribution is 0.0934. The van der Waals surface area contributed by atoms with Gasteiger partial charge in [-0.15, -0.1) is 0 Å². The van der Waals surface area contributed by atoms with E-state index in [-0.39, 0.29) is 11.9 Å². The second-order valence-electron chi connectivity index (χ2n) is 8.91. The molecule has 8 nitrogen and oxygen atoms in total. The maximum Gasteiger partial charge on any atom is 0.273 e. The number of methoxy groups -OCH3 is 2. The van der Waals surface area contributed by atoms with Crippen LogP contribution in [0.1, 0.15) is 47.8 Å². The number of carbonyl (C=O) groups excluding carboxylic acids is 1. The number of hydrogen-bond acceptors (Lipinski definition) is 6. The van der Waals surface area contributed by atoms with Gasteiger partial charge in [-0.3, -0.25) is 9.69 Å². The first kappa shape index (κ1) is 25.3. The van der Waals surface area contributed by atoms with Crippen molar-refractivity contribution in [2.75, 3.05) is 20.8 Å². The highest BCUT2D eigenvalue weighted by Crippen LogP contribution is 2.27. The molecule has 0 aliphatic heterocycles. The summed E-state index contributed by atoms with van der Waals surface area (Å²) in [6.07, 6.45) is 5.18. The van der Waals surface area contributed by atoms with E-state index < -0.39 is 0 Å². The molecule has 0 saturated heterocycles. The standard InChI is InChI=1S/C28H34N4O4/c1-5-19(2)30-28(33)25-18-36-27(31-25)17-32(16-21-10-11-22(34-3)14-26(21)35-4)13-12-20-15-29-24-9-7-6-8-23(20)24/h6-11,14-15,18-19,29H,5,12-13,16-17H2,1-4H3,(H,30,33). The molecule has 2 aromatic carbocycles. The van der Waals surface area contributed by atoms with Gasteiger partial charge < -0.3 is 24.2 Å². The Morgan fingerprint density at radius 1 is 1.14 bits per heavy atom. The third-order valence-corrected chi connectivity index (χ3v) is 6.39. The lowest BCUT2D eigenvalue weighted by Gasteiger charge is -2.22. The Bertz CT molecular complexity index is 1300. The summed E-state index contributed by atoms with van der Waals surface area (Å²) in [5, 5.41) is 4.15. The van der Waals surface area contributed by atoms with Gasteiger partial charge in [0, 0.05) is 47.9 Å². The van der Waals surface area contributed by atoms with Crippen molar-refractivity contribution in [3.8, 4) is 11.5 Å². The molecule has 1 atom stereocenters. The van der Waals surface area contributed by atoms with Crippen molar-refractivity contribution in [2.24, 2.45) is 0 Å². The van der Waals surface area contributed by atoms with E-state index in [1.807, 2.05) is 38.1 Å². The molecule has 1 amide bonds. The maximum atomic E-state index is 12.5. The molecular weight excluding hydrogens is 456 g/mol. The summed E-state index contributed by atoms with van der Waals surface area (Å²) < 4.78 is 16.7. The van der Waals surface area contributed by atoms with Crippen LogP contribution in [0.15, 0.2) is 59.3 Å². The number of nitrogens with zero attached hydrogens (tertiary/aromatic N) is 2. The van der Waals surface area contributed by atoms with Gasteiger partial charge in [0.2, 0.25) is 5.89 Å². The van der Waals surface area contributed by atoms with E-state index in [4.69, 9.17) is 13.9 Å². The van der Waals surface area contributed by atoms with E-state index in [0.29, 0.717) is 24.7 Å². The third kappa shape index (κ3) is 6.07. The van der Waals surface area contributed by atoms with Crippen LogP contribution in [0.25, 0.3) is 10.9 Å². The first-order chi connectivity index (χ1) is 17.5.